The molecule has 1 aliphatic carbocycles. The fourth-order valence-electron chi connectivity index (χ4n) is 4.09. The molecule has 2 aliphatic rings. The molecule has 1 saturated heterocycles. The van der Waals surface area contributed by atoms with Gasteiger partial charge in [0.25, 0.3) is 5.91 Å². The number of carboxylic acids is 1. The highest BCUT2D eigenvalue weighted by molar-refractivity contribution is 5.97. The van der Waals surface area contributed by atoms with Crippen LogP contribution in [0, 0.1) is 11.3 Å². The molecule has 140 valence electrons. The molecule has 1 aliphatic heterocycles. The Labute approximate surface area is 153 Å². The van der Waals surface area contributed by atoms with Crippen molar-refractivity contribution < 1.29 is 19.5 Å². The predicted molar refractivity (Wildman–Crippen MR) is 97.1 cm³/mol. The molecule has 7 nitrogen and oxygen atoms in total. The molecule has 26 heavy (non-hydrogen) atoms. The number of rotatable bonds is 4. The molecule has 7 heteroatoms. The van der Waals surface area contributed by atoms with Gasteiger partial charge in [0.2, 0.25) is 0 Å². The molecule has 0 spiro atoms. The van der Waals surface area contributed by atoms with E-state index in [1.807, 2.05) is 6.92 Å². The molecule has 0 bridgehead atoms. The standard InChI is InChI=1S/C19H25N3O4/c1-3-21(2)16(23)13-6-4-8-15(10-13)20-18(26)22-11-14-7-5-9-19(14,12-22)17(24)25/h4,6,8,10,14H,3,5,7,9,11-12H2,1-2H3,(H,20,26)(H,24,25)/t14-,19+/m0/s1. The molecule has 1 saturated carbocycles. The van der Waals surface area contributed by atoms with Crippen LogP contribution in [-0.2, 0) is 4.79 Å². The minimum atomic E-state index is -0.800. The van der Waals surface area contributed by atoms with Gasteiger partial charge in [0, 0.05) is 37.9 Å². The number of aliphatic carboxylic acids is 1. The third-order valence-corrected chi connectivity index (χ3v) is 5.77. The van der Waals surface area contributed by atoms with Crippen molar-refractivity contribution in [3.05, 3.63) is 29.8 Å². The summed E-state index contributed by atoms with van der Waals surface area (Å²) in [5.41, 5.74) is 0.248. The fraction of sp³-hybridized carbons (Fsp3) is 0.526. The van der Waals surface area contributed by atoms with Crippen molar-refractivity contribution in [3.63, 3.8) is 0 Å². The molecule has 0 radical (unpaired) electrons. The van der Waals surface area contributed by atoms with Crippen molar-refractivity contribution in [2.45, 2.75) is 26.2 Å². The van der Waals surface area contributed by atoms with Crippen molar-refractivity contribution in [1.82, 2.24) is 9.80 Å². The highest BCUT2D eigenvalue weighted by Crippen LogP contribution is 2.48. The lowest BCUT2D eigenvalue weighted by Crippen LogP contribution is -2.38. The number of hydrogen-bond donors (Lipinski definition) is 2. The van der Waals surface area contributed by atoms with Gasteiger partial charge in [-0.25, -0.2) is 4.79 Å². The maximum Gasteiger partial charge on any atom is 0.321 e. The number of carboxylic acid groups (broad SMARTS) is 1. The van der Waals surface area contributed by atoms with Crippen LogP contribution in [-0.4, -0.2) is 59.5 Å². The smallest absolute Gasteiger partial charge is 0.321 e. The third kappa shape index (κ3) is 3.13. The number of amides is 3. The van der Waals surface area contributed by atoms with E-state index < -0.39 is 11.4 Å². The number of nitrogens with zero attached hydrogens (tertiary/aromatic N) is 2. The van der Waals surface area contributed by atoms with Gasteiger partial charge in [-0.15, -0.1) is 0 Å². The third-order valence-electron chi connectivity index (χ3n) is 5.77. The van der Waals surface area contributed by atoms with E-state index in [1.165, 1.54) is 0 Å². The van der Waals surface area contributed by atoms with Crippen LogP contribution in [0.3, 0.4) is 0 Å². The number of fused-ring (bicyclic) bond motifs is 1. The Balaban J connectivity index is 1.70. The van der Waals surface area contributed by atoms with E-state index in [-0.39, 0.29) is 24.4 Å². The number of benzene rings is 1. The number of nitrogens with one attached hydrogen (secondary N) is 1. The largest absolute Gasteiger partial charge is 0.481 e. The lowest BCUT2D eigenvalue weighted by molar-refractivity contribution is -0.149. The van der Waals surface area contributed by atoms with Crippen LogP contribution in [0.5, 0.6) is 0 Å². The zero-order chi connectivity index (χ0) is 18.9. The Hall–Kier alpha value is -2.57. The van der Waals surface area contributed by atoms with E-state index in [9.17, 15) is 19.5 Å². The van der Waals surface area contributed by atoms with Gasteiger partial charge in [-0.05, 0) is 43.9 Å². The zero-order valence-electron chi connectivity index (χ0n) is 15.2. The summed E-state index contributed by atoms with van der Waals surface area (Å²) in [6.45, 7) is 3.21. The van der Waals surface area contributed by atoms with E-state index in [0.29, 0.717) is 30.8 Å². The summed E-state index contributed by atoms with van der Waals surface area (Å²) in [6.07, 6.45) is 2.38. The minimum Gasteiger partial charge on any atom is -0.481 e. The zero-order valence-corrected chi connectivity index (χ0v) is 15.2. The molecule has 1 heterocycles. The van der Waals surface area contributed by atoms with Gasteiger partial charge in [0.1, 0.15) is 0 Å². The van der Waals surface area contributed by atoms with Crippen LogP contribution in [0.4, 0.5) is 10.5 Å². The molecule has 2 fully saturated rings. The number of urea groups is 1. The molecular weight excluding hydrogens is 334 g/mol. The summed E-state index contributed by atoms with van der Waals surface area (Å²) in [7, 11) is 1.72. The quantitative estimate of drug-likeness (QED) is 0.864. The summed E-state index contributed by atoms with van der Waals surface area (Å²) in [6, 6.07) is 6.50. The Bertz CT molecular complexity index is 735. The minimum absolute atomic E-state index is 0.0249. The molecule has 0 aromatic heterocycles. The Morgan fingerprint density at radius 3 is 2.81 bits per heavy atom. The highest BCUT2D eigenvalue weighted by Gasteiger charge is 2.55. The summed E-state index contributed by atoms with van der Waals surface area (Å²) in [4.78, 5) is 39.8. The van der Waals surface area contributed by atoms with Crippen molar-refractivity contribution in [2.75, 3.05) is 32.0 Å². The first-order valence-electron chi connectivity index (χ1n) is 9.02. The SMILES string of the molecule is CCN(C)C(=O)c1cccc(NC(=O)N2C[C@@H]3CCC[C@@]3(C(=O)O)C2)c1. The Morgan fingerprint density at radius 2 is 2.15 bits per heavy atom. The van der Waals surface area contributed by atoms with Gasteiger partial charge < -0.3 is 20.2 Å². The average molecular weight is 359 g/mol. The summed E-state index contributed by atoms with van der Waals surface area (Å²) >= 11 is 0. The number of carbonyl (C=O) groups excluding carboxylic acids is 2. The first-order chi connectivity index (χ1) is 12.4. The van der Waals surface area contributed by atoms with Gasteiger partial charge in [-0.3, -0.25) is 9.59 Å². The molecule has 1 aromatic rings. The fourth-order valence-corrected chi connectivity index (χ4v) is 4.09. The van der Waals surface area contributed by atoms with Crippen LogP contribution in [0.15, 0.2) is 24.3 Å². The van der Waals surface area contributed by atoms with Crippen molar-refractivity contribution in [3.8, 4) is 0 Å². The van der Waals surface area contributed by atoms with Crippen LogP contribution < -0.4 is 5.32 Å². The second-order valence-corrected chi connectivity index (χ2v) is 7.26. The number of carbonyl (C=O) groups is 3. The average Bonchev–Trinajstić information content (AvgIpc) is 3.19. The maximum absolute atomic E-state index is 12.6. The van der Waals surface area contributed by atoms with Gasteiger partial charge in [-0.1, -0.05) is 12.5 Å². The lowest BCUT2D eigenvalue weighted by atomic mass is 9.81. The molecular formula is C19H25N3O4. The van der Waals surface area contributed by atoms with E-state index in [0.717, 1.165) is 12.8 Å². The number of likely N-dealkylation sites (tertiary alicyclic amines) is 1. The normalized spacial score (nSPS) is 24.2. The van der Waals surface area contributed by atoms with Gasteiger partial charge in [-0.2, -0.15) is 0 Å². The van der Waals surface area contributed by atoms with E-state index in [1.54, 1.807) is 41.1 Å². The number of hydrogen-bond acceptors (Lipinski definition) is 3. The summed E-state index contributed by atoms with van der Waals surface area (Å²) in [5.74, 6) is -0.883. The van der Waals surface area contributed by atoms with Crippen LogP contribution in [0.1, 0.15) is 36.5 Å². The van der Waals surface area contributed by atoms with E-state index in [2.05, 4.69) is 5.32 Å². The topological polar surface area (TPSA) is 90.0 Å². The molecule has 3 rings (SSSR count). The van der Waals surface area contributed by atoms with Crippen molar-refractivity contribution in [2.24, 2.45) is 11.3 Å². The molecule has 2 atom stereocenters. The first kappa shape index (κ1) is 18.2. The monoisotopic (exact) mass is 359 g/mol. The second kappa shape index (κ2) is 6.97. The van der Waals surface area contributed by atoms with Gasteiger partial charge in [0.05, 0.1) is 5.41 Å². The van der Waals surface area contributed by atoms with E-state index in [4.69, 9.17) is 0 Å². The van der Waals surface area contributed by atoms with Crippen molar-refractivity contribution in [1.29, 1.82) is 0 Å². The number of anilines is 1. The van der Waals surface area contributed by atoms with E-state index >= 15 is 0 Å². The summed E-state index contributed by atoms with van der Waals surface area (Å²) in [5, 5.41) is 12.4. The maximum atomic E-state index is 12.6. The highest BCUT2D eigenvalue weighted by atomic mass is 16.4. The van der Waals surface area contributed by atoms with Gasteiger partial charge in [0.15, 0.2) is 0 Å². The first-order valence-corrected chi connectivity index (χ1v) is 9.02. The van der Waals surface area contributed by atoms with Crippen LogP contribution in [0.2, 0.25) is 0 Å². The van der Waals surface area contributed by atoms with Gasteiger partial charge >= 0.3 is 12.0 Å². The molecule has 1 aromatic carbocycles. The second-order valence-electron chi connectivity index (χ2n) is 7.26. The van der Waals surface area contributed by atoms with Crippen LogP contribution in [0.25, 0.3) is 0 Å². The van der Waals surface area contributed by atoms with Crippen LogP contribution >= 0.6 is 0 Å². The predicted octanol–water partition coefficient (Wildman–Crippen LogP) is 2.50. The summed E-state index contributed by atoms with van der Waals surface area (Å²) < 4.78 is 0. The molecule has 2 N–H and O–H groups in total. The molecule has 0 unspecified atom stereocenters. The lowest BCUT2D eigenvalue weighted by Gasteiger charge is -2.23. The van der Waals surface area contributed by atoms with Crippen molar-refractivity contribution >= 4 is 23.6 Å². The molecule has 3 amide bonds. The Morgan fingerprint density at radius 1 is 1.38 bits per heavy atom. The Kier molecular flexibility index (Phi) is 4.89.